The summed E-state index contributed by atoms with van der Waals surface area (Å²) in [7, 11) is -4.37. The van der Waals surface area contributed by atoms with Crippen molar-refractivity contribution >= 4 is 62.5 Å². The second-order valence-electron chi connectivity index (χ2n) is 15.0. The van der Waals surface area contributed by atoms with E-state index in [-0.39, 0.29) is 46.4 Å². The number of halogens is 1. The smallest absolute Gasteiger partial charge is 0.322 e. The van der Waals surface area contributed by atoms with Crippen molar-refractivity contribution in [2.75, 3.05) is 41.7 Å². The molecule has 2 aliphatic rings. The number of anilines is 3. The number of aryl methyl sites for hydroxylation is 1. The third kappa shape index (κ3) is 9.60. The van der Waals surface area contributed by atoms with Gasteiger partial charge in [0.05, 0.1) is 16.9 Å². The van der Waals surface area contributed by atoms with Gasteiger partial charge in [0.1, 0.15) is 13.1 Å². The minimum atomic E-state index is -4.37. The van der Waals surface area contributed by atoms with Gasteiger partial charge in [0.25, 0.3) is 10.1 Å². The molecular formula is C40H51ClN7O6S+. The van der Waals surface area contributed by atoms with E-state index in [1.54, 1.807) is 12.1 Å². The van der Waals surface area contributed by atoms with E-state index in [2.05, 4.69) is 113 Å². The number of benzene rings is 2. The summed E-state index contributed by atoms with van der Waals surface area (Å²) in [4.78, 5) is 37.4. The normalized spacial score (nSPS) is 16.5. The molecule has 55 heavy (non-hydrogen) atoms. The van der Waals surface area contributed by atoms with E-state index in [9.17, 15) is 22.6 Å². The zero-order valence-electron chi connectivity index (χ0n) is 32.3. The number of aromatic nitrogens is 3. The molecule has 0 bridgehead atoms. The van der Waals surface area contributed by atoms with E-state index in [1.807, 2.05) is 0 Å². The highest BCUT2D eigenvalue weighted by atomic mass is 35.5. The van der Waals surface area contributed by atoms with Crippen molar-refractivity contribution < 1.29 is 32.2 Å². The number of aliphatic carboxylic acids is 1. The molecule has 5 rings (SSSR count). The molecule has 0 atom stereocenters. The highest BCUT2D eigenvalue weighted by Gasteiger charge is 2.45. The molecule has 294 valence electrons. The molecule has 1 aromatic heterocycles. The fourth-order valence-electron chi connectivity index (χ4n) is 7.47. The van der Waals surface area contributed by atoms with E-state index < -0.39 is 21.5 Å². The van der Waals surface area contributed by atoms with Crippen LogP contribution in [0.25, 0.3) is 0 Å². The van der Waals surface area contributed by atoms with Crippen LogP contribution in [0.1, 0.15) is 89.8 Å². The van der Waals surface area contributed by atoms with Crippen molar-refractivity contribution in [1.29, 1.82) is 0 Å². The molecule has 3 heterocycles. The van der Waals surface area contributed by atoms with Gasteiger partial charge >= 0.3 is 5.97 Å². The lowest BCUT2D eigenvalue weighted by Crippen LogP contribution is -2.28. The van der Waals surface area contributed by atoms with Gasteiger partial charge in [0.15, 0.2) is 11.5 Å². The lowest BCUT2D eigenvalue weighted by Gasteiger charge is -2.25. The average Bonchev–Trinajstić information content (AvgIpc) is 3.46. The maximum Gasteiger partial charge on any atom is 0.322 e. The van der Waals surface area contributed by atoms with Crippen molar-refractivity contribution in [2.45, 2.75) is 95.8 Å². The number of hydrogen-bond acceptors (Lipinski definition) is 10. The maximum absolute atomic E-state index is 12.5. The summed E-state index contributed by atoms with van der Waals surface area (Å²) in [5, 5.41) is 14.1. The van der Waals surface area contributed by atoms with E-state index in [0.717, 1.165) is 62.2 Å². The standard InChI is InChI=1S/C40H50ClN7O6S/c1-7-47-31-19-17-26(2)22-29(31)39(3,4)33(47)15-13-16-34-40(5,6)30-23-28(55(52,53)54)18-20-32(30)48(34)21-12-10-8-9-11-14-27(49)24-42-37-44-36(41)45-38(46-37)43-25-35(50)51/h13,15-20,22-23H,7-12,14,21,24-25H2,1-6H3,(H3-,42,43,44,45,46,50,51,52,53,54)/p+1. The molecule has 15 heteroatoms. The molecule has 0 radical (unpaired) electrons. The van der Waals surface area contributed by atoms with Crippen LogP contribution in [0.2, 0.25) is 5.28 Å². The van der Waals surface area contributed by atoms with Crippen LogP contribution >= 0.6 is 11.6 Å². The number of likely N-dealkylation sites (N-methyl/N-ethyl adjacent to an activating group) is 1. The van der Waals surface area contributed by atoms with Gasteiger partial charge in [-0.1, -0.05) is 50.5 Å². The minimum Gasteiger partial charge on any atom is -0.480 e. The van der Waals surface area contributed by atoms with Crippen LogP contribution in [0.5, 0.6) is 0 Å². The van der Waals surface area contributed by atoms with Crippen LogP contribution in [-0.2, 0) is 30.5 Å². The summed E-state index contributed by atoms with van der Waals surface area (Å²) < 4.78 is 36.4. The van der Waals surface area contributed by atoms with Gasteiger partial charge in [-0.3, -0.25) is 14.1 Å². The predicted octanol–water partition coefficient (Wildman–Crippen LogP) is 7.23. The van der Waals surface area contributed by atoms with Crippen molar-refractivity contribution in [3.05, 3.63) is 82.3 Å². The van der Waals surface area contributed by atoms with E-state index >= 15 is 0 Å². The zero-order chi connectivity index (χ0) is 40.1. The Morgan fingerprint density at radius 1 is 0.909 bits per heavy atom. The quantitative estimate of drug-likeness (QED) is 0.0578. The second kappa shape index (κ2) is 17.0. The SMILES string of the molecule is CCN1C(=CC=CC2=[N+](CCCCCCCC(=O)CNc3nc(Cl)nc(NCC(=O)O)n3)c3ccc(S(=O)(=O)O)cc3C2(C)C)C(C)(C)c2cc(C)ccc21. The molecule has 0 saturated carbocycles. The summed E-state index contributed by atoms with van der Waals surface area (Å²) in [6, 6.07) is 11.5. The van der Waals surface area contributed by atoms with Crippen molar-refractivity contribution in [1.82, 2.24) is 15.0 Å². The van der Waals surface area contributed by atoms with Gasteiger partial charge in [-0.15, -0.1) is 0 Å². The number of nitrogens with zero attached hydrogens (tertiary/aromatic N) is 5. The van der Waals surface area contributed by atoms with Crippen molar-refractivity contribution in [3.8, 4) is 0 Å². The number of nitrogens with one attached hydrogen (secondary N) is 2. The number of hydrogen-bond donors (Lipinski definition) is 4. The number of ketones is 1. The van der Waals surface area contributed by atoms with E-state index in [1.165, 1.54) is 28.6 Å². The number of carboxylic acid groups (broad SMARTS) is 1. The summed E-state index contributed by atoms with van der Waals surface area (Å²) in [6.45, 7) is 14.1. The molecule has 3 aromatic rings. The molecule has 0 amide bonds. The van der Waals surface area contributed by atoms with Crippen molar-refractivity contribution in [2.24, 2.45) is 0 Å². The zero-order valence-corrected chi connectivity index (χ0v) is 33.9. The predicted molar refractivity (Wildman–Crippen MR) is 216 cm³/mol. The maximum atomic E-state index is 12.5. The first-order valence-electron chi connectivity index (χ1n) is 18.6. The Bertz CT molecular complexity index is 2160. The fourth-order valence-corrected chi connectivity index (χ4v) is 8.13. The first-order chi connectivity index (χ1) is 25.9. The lowest BCUT2D eigenvalue weighted by atomic mass is 9.81. The number of carbonyl (C=O) groups is 2. The van der Waals surface area contributed by atoms with Crippen LogP contribution in [0.15, 0.2) is 65.2 Å². The van der Waals surface area contributed by atoms with Crippen LogP contribution in [0, 0.1) is 6.92 Å². The first kappa shape index (κ1) is 41.5. The third-order valence-corrected chi connectivity index (χ3v) is 11.3. The molecule has 0 spiro atoms. The molecular weight excluding hydrogens is 742 g/mol. The van der Waals surface area contributed by atoms with E-state index in [4.69, 9.17) is 16.7 Å². The Balaban J connectivity index is 1.22. The number of rotatable bonds is 18. The van der Waals surface area contributed by atoms with Gasteiger partial charge in [0, 0.05) is 53.9 Å². The van der Waals surface area contributed by atoms with Gasteiger partial charge in [0.2, 0.25) is 22.9 Å². The van der Waals surface area contributed by atoms with Crippen LogP contribution in [0.4, 0.5) is 23.3 Å². The molecule has 13 nitrogen and oxygen atoms in total. The van der Waals surface area contributed by atoms with E-state index in [0.29, 0.717) is 6.42 Å². The minimum absolute atomic E-state index is 0.00270. The van der Waals surface area contributed by atoms with Gasteiger partial charge < -0.3 is 20.6 Å². The molecule has 0 fully saturated rings. The number of fused-ring (bicyclic) bond motifs is 2. The fraction of sp³-hybridized carbons (Fsp3) is 0.450. The molecule has 0 saturated heterocycles. The summed E-state index contributed by atoms with van der Waals surface area (Å²) >= 11 is 5.90. The Kier molecular flexibility index (Phi) is 12.8. The Labute approximate surface area is 328 Å². The molecule has 0 unspecified atom stereocenters. The Morgan fingerprint density at radius 2 is 1.58 bits per heavy atom. The molecule has 0 aliphatic carbocycles. The Morgan fingerprint density at radius 3 is 2.25 bits per heavy atom. The lowest BCUT2D eigenvalue weighted by molar-refractivity contribution is -0.438. The first-order valence-corrected chi connectivity index (χ1v) is 20.4. The van der Waals surface area contributed by atoms with Gasteiger partial charge in [-0.2, -0.15) is 27.9 Å². The van der Waals surface area contributed by atoms with Crippen LogP contribution in [-0.4, -0.2) is 81.2 Å². The van der Waals surface area contributed by atoms with Gasteiger partial charge in [-0.25, -0.2) is 0 Å². The van der Waals surface area contributed by atoms with Crippen molar-refractivity contribution in [3.63, 3.8) is 0 Å². The highest BCUT2D eigenvalue weighted by Crippen LogP contribution is 2.48. The largest absolute Gasteiger partial charge is 0.480 e. The molecule has 4 N–H and O–H groups in total. The number of Topliss-reactive ketones (excluding diaryl/α,β-unsaturated/α-hetero) is 1. The van der Waals surface area contributed by atoms with Crippen LogP contribution in [0.3, 0.4) is 0 Å². The monoisotopic (exact) mass is 792 g/mol. The number of carbonyl (C=O) groups excluding carboxylic acids is 1. The third-order valence-electron chi connectivity index (χ3n) is 10.3. The topological polar surface area (TPSA) is 178 Å². The average molecular weight is 793 g/mol. The number of allylic oxidation sites excluding steroid dienone is 4. The highest BCUT2D eigenvalue weighted by molar-refractivity contribution is 7.85. The summed E-state index contributed by atoms with van der Waals surface area (Å²) in [5.74, 6) is -1.02. The Hall–Kier alpha value is -4.66. The molecule has 2 aliphatic heterocycles. The number of unbranched alkanes of at least 4 members (excludes halogenated alkanes) is 4. The number of carboxylic acids is 1. The van der Waals surface area contributed by atoms with Crippen LogP contribution < -0.4 is 15.5 Å². The second-order valence-corrected chi connectivity index (χ2v) is 16.8. The van der Waals surface area contributed by atoms with Gasteiger partial charge in [-0.05, 0) is 82.0 Å². The molecule has 2 aromatic carbocycles. The summed E-state index contributed by atoms with van der Waals surface area (Å²) in [5.41, 5.74) is 7.08. The summed E-state index contributed by atoms with van der Waals surface area (Å²) in [6.07, 6.45) is 11.2.